The Hall–Kier alpha value is -1.39. The van der Waals surface area contributed by atoms with E-state index in [1.165, 1.54) is 4.70 Å². The van der Waals surface area contributed by atoms with Gasteiger partial charge in [0.1, 0.15) is 0 Å². The van der Waals surface area contributed by atoms with Crippen molar-refractivity contribution in [2.24, 2.45) is 5.73 Å². The molecule has 17 heavy (non-hydrogen) atoms. The highest BCUT2D eigenvalue weighted by molar-refractivity contribution is 7.17. The molecule has 1 amide bonds. The van der Waals surface area contributed by atoms with Gasteiger partial charge in [-0.15, -0.1) is 11.3 Å². The van der Waals surface area contributed by atoms with Crippen molar-refractivity contribution < 1.29 is 4.79 Å². The zero-order chi connectivity index (χ0) is 12.3. The molecule has 1 aromatic heterocycles. The van der Waals surface area contributed by atoms with Gasteiger partial charge in [0.25, 0.3) is 0 Å². The maximum Gasteiger partial charge on any atom is 0.224 e. The van der Waals surface area contributed by atoms with Crippen LogP contribution in [0.1, 0.15) is 19.8 Å². The summed E-state index contributed by atoms with van der Waals surface area (Å²) in [4.78, 5) is 11.7. The predicted molar refractivity (Wildman–Crippen MR) is 73.3 cm³/mol. The summed E-state index contributed by atoms with van der Waals surface area (Å²) in [5.41, 5.74) is 6.53. The summed E-state index contributed by atoms with van der Waals surface area (Å²) in [7, 11) is 0. The molecule has 0 aliphatic heterocycles. The molecular weight excluding hydrogens is 232 g/mol. The molecule has 1 unspecified atom stereocenters. The Balaban J connectivity index is 2.06. The van der Waals surface area contributed by atoms with Gasteiger partial charge in [0.2, 0.25) is 5.91 Å². The number of benzene rings is 1. The third-order valence-electron chi connectivity index (χ3n) is 2.58. The molecule has 1 atom stereocenters. The number of carbonyl (C=O) groups excluding carboxylic acids is 1. The van der Waals surface area contributed by atoms with E-state index >= 15 is 0 Å². The molecule has 0 fully saturated rings. The summed E-state index contributed by atoms with van der Waals surface area (Å²) in [5.74, 6) is 0.0332. The van der Waals surface area contributed by atoms with Gasteiger partial charge in [0.05, 0.1) is 5.69 Å². The standard InChI is InChI=1S/C13H16N2OS/c1-9(14)6-7-13(16)15-11-8-17-12-5-3-2-4-10(11)12/h2-5,8-9H,6-7,14H2,1H3,(H,15,16). The van der Waals surface area contributed by atoms with E-state index in [0.717, 1.165) is 11.1 Å². The number of nitrogens with one attached hydrogen (secondary N) is 1. The summed E-state index contributed by atoms with van der Waals surface area (Å²) in [6, 6.07) is 8.12. The Morgan fingerprint density at radius 3 is 3.00 bits per heavy atom. The zero-order valence-electron chi connectivity index (χ0n) is 9.77. The molecule has 0 radical (unpaired) electrons. The van der Waals surface area contributed by atoms with Crippen molar-refractivity contribution in [3.05, 3.63) is 29.6 Å². The highest BCUT2D eigenvalue weighted by Crippen LogP contribution is 2.29. The van der Waals surface area contributed by atoms with Crippen LogP contribution in [0.2, 0.25) is 0 Å². The number of nitrogens with two attached hydrogens (primary N) is 1. The average molecular weight is 248 g/mol. The molecule has 0 saturated carbocycles. The quantitative estimate of drug-likeness (QED) is 0.874. The van der Waals surface area contributed by atoms with Crippen LogP contribution in [0.5, 0.6) is 0 Å². The average Bonchev–Trinajstić information content (AvgIpc) is 2.70. The lowest BCUT2D eigenvalue weighted by Gasteiger charge is -2.05. The largest absolute Gasteiger partial charge is 0.328 e. The lowest BCUT2D eigenvalue weighted by Crippen LogP contribution is -2.19. The van der Waals surface area contributed by atoms with Gasteiger partial charge in [-0.1, -0.05) is 18.2 Å². The number of rotatable bonds is 4. The second kappa shape index (κ2) is 5.29. The fourth-order valence-corrected chi connectivity index (χ4v) is 2.54. The third-order valence-corrected chi connectivity index (χ3v) is 3.55. The van der Waals surface area contributed by atoms with Gasteiger partial charge in [-0.2, -0.15) is 0 Å². The Morgan fingerprint density at radius 1 is 1.47 bits per heavy atom. The minimum atomic E-state index is 0.0332. The summed E-state index contributed by atoms with van der Waals surface area (Å²) < 4.78 is 1.19. The van der Waals surface area contributed by atoms with Gasteiger partial charge in [0.15, 0.2) is 0 Å². The number of thiophene rings is 1. The molecule has 1 heterocycles. The van der Waals surface area contributed by atoms with E-state index in [1.807, 2.05) is 30.5 Å². The molecule has 0 saturated heterocycles. The van der Waals surface area contributed by atoms with Crippen molar-refractivity contribution in [3.63, 3.8) is 0 Å². The number of hydrogen-bond donors (Lipinski definition) is 2. The first-order chi connectivity index (χ1) is 8.16. The minimum Gasteiger partial charge on any atom is -0.328 e. The van der Waals surface area contributed by atoms with Crippen LogP contribution in [0.25, 0.3) is 10.1 Å². The predicted octanol–water partition coefficient (Wildman–Crippen LogP) is 2.97. The van der Waals surface area contributed by atoms with Crippen molar-refractivity contribution in [3.8, 4) is 0 Å². The van der Waals surface area contributed by atoms with Crippen molar-refractivity contribution in [1.29, 1.82) is 0 Å². The first-order valence-corrected chi connectivity index (χ1v) is 6.56. The van der Waals surface area contributed by atoms with Crippen molar-refractivity contribution >= 4 is 33.0 Å². The fraction of sp³-hybridized carbons (Fsp3) is 0.308. The molecule has 2 rings (SSSR count). The van der Waals surface area contributed by atoms with E-state index in [4.69, 9.17) is 5.73 Å². The number of hydrogen-bond acceptors (Lipinski definition) is 3. The Labute approximate surface area is 105 Å². The van der Waals surface area contributed by atoms with Gasteiger partial charge in [-0.3, -0.25) is 4.79 Å². The molecular formula is C13H16N2OS. The first-order valence-electron chi connectivity index (χ1n) is 5.68. The van der Waals surface area contributed by atoms with Crippen LogP contribution in [-0.2, 0) is 4.79 Å². The maximum atomic E-state index is 11.7. The summed E-state index contributed by atoms with van der Waals surface area (Å²) >= 11 is 1.64. The number of amides is 1. The lowest BCUT2D eigenvalue weighted by atomic mass is 10.2. The first kappa shape index (κ1) is 12.1. The zero-order valence-corrected chi connectivity index (χ0v) is 10.6. The van der Waals surface area contributed by atoms with Crippen LogP contribution in [0.15, 0.2) is 29.6 Å². The summed E-state index contributed by atoms with van der Waals surface area (Å²) in [6.07, 6.45) is 1.19. The van der Waals surface area contributed by atoms with Gasteiger partial charge in [0, 0.05) is 27.9 Å². The van der Waals surface area contributed by atoms with Crippen LogP contribution < -0.4 is 11.1 Å². The summed E-state index contributed by atoms with van der Waals surface area (Å²) in [5, 5.41) is 6.02. The second-order valence-corrected chi connectivity index (χ2v) is 5.12. The SMILES string of the molecule is CC(N)CCC(=O)Nc1csc2ccccc12. The number of fused-ring (bicyclic) bond motifs is 1. The van der Waals surface area contributed by atoms with Gasteiger partial charge < -0.3 is 11.1 Å². The fourth-order valence-electron chi connectivity index (χ4n) is 1.65. The minimum absolute atomic E-state index is 0.0332. The Morgan fingerprint density at radius 2 is 2.24 bits per heavy atom. The van der Waals surface area contributed by atoms with Crippen molar-refractivity contribution in [1.82, 2.24) is 0 Å². The van der Waals surface area contributed by atoms with Gasteiger partial charge in [-0.05, 0) is 19.4 Å². The molecule has 2 aromatic rings. The van der Waals surface area contributed by atoms with Crippen molar-refractivity contribution in [2.45, 2.75) is 25.8 Å². The normalized spacial score (nSPS) is 12.6. The van der Waals surface area contributed by atoms with Crippen LogP contribution in [-0.4, -0.2) is 11.9 Å². The molecule has 0 aliphatic rings. The van der Waals surface area contributed by atoms with E-state index < -0.39 is 0 Å². The highest BCUT2D eigenvalue weighted by atomic mass is 32.1. The van der Waals surface area contributed by atoms with Crippen LogP contribution in [0.4, 0.5) is 5.69 Å². The number of carbonyl (C=O) groups is 1. The van der Waals surface area contributed by atoms with Crippen LogP contribution >= 0.6 is 11.3 Å². The second-order valence-electron chi connectivity index (χ2n) is 4.21. The smallest absolute Gasteiger partial charge is 0.224 e. The van der Waals surface area contributed by atoms with E-state index in [0.29, 0.717) is 12.8 Å². The monoisotopic (exact) mass is 248 g/mol. The summed E-state index contributed by atoms with van der Waals surface area (Å²) in [6.45, 7) is 1.91. The highest BCUT2D eigenvalue weighted by Gasteiger charge is 2.08. The molecule has 3 nitrogen and oxygen atoms in total. The lowest BCUT2D eigenvalue weighted by molar-refractivity contribution is -0.116. The number of anilines is 1. The van der Waals surface area contributed by atoms with Crippen molar-refractivity contribution in [2.75, 3.05) is 5.32 Å². The molecule has 0 aliphatic carbocycles. The maximum absolute atomic E-state index is 11.7. The van der Waals surface area contributed by atoms with Gasteiger partial charge >= 0.3 is 0 Å². The molecule has 3 N–H and O–H groups in total. The van der Waals surface area contributed by atoms with E-state index in [9.17, 15) is 4.79 Å². The van der Waals surface area contributed by atoms with Gasteiger partial charge in [-0.25, -0.2) is 0 Å². The molecule has 0 spiro atoms. The van der Waals surface area contributed by atoms with E-state index in [1.54, 1.807) is 11.3 Å². The molecule has 1 aromatic carbocycles. The van der Waals surface area contributed by atoms with Crippen LogP contribution in [0.3, 0.4) is 0 Å². The Kier molecular flexibility index (Phi) is 3.76. The third kappa shape index (κ3) is 3.05. The topological polar surface area (TPSA) is 55.1 Å². The Bertz CT molecular complexity index is 519. The van der Waals surface area contributed by atoms with E-state index in [-0.39, 0.29) is 11.9 Å². The van der Waals surface area contributed by atoms with Crippen LogP contribution in [0, 0.1) is 0 Å². The molecule has 90 valence electrons. The molecule has 4 heteroatoms. The molecule has 0 bridgehead atoms. The van der Waals surface area contributed by atoms with E-state index in [2.05, 4.69) is 11.4 Å².